The second-order valence-electron chi connectivity index (χ2n) is 5.57. The number of hydrogen-bond donors (Lipinski definition) is 6. The number of hydrogen-bond acceptors (Lipinski definition) is 10. The van der Waals surface area contributed by atoms with Crippen LogP contribution in [0.1, 0.15) is 18.2 Å². The molecule has 1 aromatic heterocycles. The Kier molecular flexibility index (Phi) is 7.48. The first-order valence-corrected chi connectivity index (χ1v) is 11.5. The molecule has 18 heteroatoms. The van der Waals surface area contributed by atoms with Crippen LogP contribution in [-0.4, -0.2) is 53.0 Å². The van der Waals surface area contributed by atoms with E-state index in [2.05, 4.69) is 13.6 Å². The van der Waals surface area contributed by atoms with Gasteiger partial charge in [-0.3, -0.25) is 14.3 Å². The summed E-state index contributed by atoms with van der Waals surface area (Å²) < 4.78 is 40.5. The monoisotopic (exact) mass is 466 g/mol. The van der Waals surface area contributed by atoms with Gasteiger partial charge in [-0.15, -0.1) is 0 Å². The lowest BCUT2D eigenvalue weighted by Crippen LogP contribution is -2.33. The zero-order valence-corrected chi connectivity index (χ0v) is 16.7. The Labute approximate surface area is 157 Å². The number of aromatic amines is 1. The van der Waals surface area contributed by atoms with Crippen molar-refractivity contribution in [2.24, 2.45) is 0 Å². The van der Waals surface area contributed by atoms with Crippen LogP contribution < -0.4 is 11.2 Å². The first-order chi connectivity index (χ1) is 12.8. The van der Waals surface area contributed by atoms with Crippen LogP contribution in [-0.2, 0) is 27.0 Å². The lowest BCUT2D eigenvalue weighted by Gasteiger charge is -2.19. The maximum Gasteiger partial charge on any atom is 0.487 e. The third-order valence-corrected chi connectivity index (χ3v) is 6.82. The van der Waals surface area contributed by atoms with Gasteiger partial charge in [-0.05, 0) is 6.92 Å². The van der Waals surface area contributed by atoms with E-state index < -0.39 is 60.5 Å². The molecule has 0 aromatic carbocycles. The van der Waals surface area contributed by atoms with Gasteiger partial charge in [-0.25, -0.2) is 18.2 Å². The van der Waals surface area contributed by atoms with Crippen molar-refractivity contribution in [3.05, 3.63) is 32.6 Å². The maximum absolute atomic E-state index is 11.9. The highest BCUT2D eigenvalue weighted by molar-refractivity contribution is 7.65. The number of aryl methyl sites for hydroxylation is 1. The van der Waals surface area contributed by atoms with Gasteiger partial charge < -0.3 is 33.9 Å². The molecular weight excluding hydrogens is 449 g/mol. The van der Waals surface area contributed by atoms with Gasteiger partial charge in [0.2, 0.25) is 0 Å². The zero-order valence-electron chi connectivity index (χ0n) is 14.0. The topological polar surface area (TPSA) is 227 Å². The van der Waals surface area contributed by atoms with Crippen molar-refractivity contribution in [2.75, 3.05) is 6.61 Å². The summed E-state index contributed by atoms with van der Waals surface area (Å²) >= 11 is 0. The number of aliphatic hydroxyl groups excluding tert-OH is 1. The standard InChI is InChI=1S/C10H17N2O13P3/c1-5-3-12(10(15)11-9(5)14)8-2-6(13)7(23-8)4-22-26(16)24-28(20,21)25-27(17,18)19/h3,6-8,13,16H,2,4H2,1H3,(H,20,21)(H,11,14,15)(H2,17,18,19). The number of H-pyrrole nitrogens is 1. The van der Waals surface area contributed by atoms with Gasteiger partial charge >= 0.3 is 29.9 Å². The van der Waals surface area contributed by atoms with Gasteiger partial charge in [-0.2, -0.15) is 4.31 Å². The largest absolute Gasteiger partial charge is 0.487 e. The fourth-order valence-corrected chi connectivity index (χ4v) is 4.87. The van der Waals surface area contributed by atoms with Gasteiger partial charge in [0.25, 0.3) is 5.56 Å². The molecule has 1 fully saturated rings. The molecular formula is C10H17N2O13P3. The number of phosphoric acid groups is 2. The number of rotatable bonds is 8. The first-order valence-electron chi connectivity index (χ1n) is 7.34. The van der Waals surface area contributed by atoms with E-state index in [1.165, 1.54) is 13.1 Å². The van der Waals surface area contributed by atoms with Crippen LogP contribution in [0.2, 0.25) is 0 Å². The van der Waals surface area contributed by atoms with Crippen molar-refractivity contribution in [3.8, 4) is 0 Å². The molecule has 1 aliphatic rings. The van der Waals surface area contributed by atoms with Gasteiger partial charge in [0.15, 0.2) is 0 Å². The van der Waals surface area contributed by atoms with E-state index in [1.54, 1.807) is 0 Å². The Morgan fingerprint density at radius 2 is 2.00 bits per heavy atom. The quantitative estimate of drug-likeness (QED) is 0.252. The molecule has 5 atom stereocenters. The molecule has 15 nitrogen and oxygen atoms in total. The second kappa shape index (κ2) is 8.92. The molecule has 28 heavy (non-hydrogen) atoms. The van der Waals surface area contributed by atoms with Crippen LogP contribution in [0.15, 0.2) is 15.8 Å². The SMILES string of the molecule is Cc1cn(C2CC(O)C(COP(O)OP(=O)(O)OP(=O)(O)O)O2)c(=O)[nH]c1=O. The molecule has 1 aliphatic heterocycles. The third-order valence-electron chi connectivity index (χ3n) is 3.39. The minimum absolute atomic E-state index is 0.0660. The molecule has 1 aromatic rings. The molecule has 6 N–H and O–H groups in total. The number of nitrogens with one attached hydrogen (secondary N) is 1. The van der Waals surface area contributed by atoms with Crippen molar-refractivity contribution in [1.29, 1.82) is 0 Å². The predicted molar refractivity (Wildman–Crippen MR) is 89.7 cm³/mol. The summed E-state index contributed by atoms with van der Waals surface area (Å²) in [4.78, 5) is 60.8. The average molecular weight is 466 g/mol. The van der Waals surface area contributed by atoms with Crippen LogP contribution >= 0.6 is 24.2 Å². The Bertz CT molecular complexity index is 909. The minimum atomic E-state index is -5.36. The molecule has 0 saturated carbocycles. The number of aromatic nitrogens is 2. The first kappa shape index (κ1) is 23.5. The molecule has 0 radical (unpaired) electrons. The molecule has 5 unspecified atom stereocenters. The Hall–Kier alpha value is -0.790. The highest BCUT2D eigenvalue weighted by Crippen LogP contribution is 2.63. The van der Waals surface area contributed by atoms with Crippen molar-refractivity contribution >= 4 is 24.2 Å². The molecule has 160 valence electrons. The van der Waals surface area contributed by atoms with Gasteiger partial charge in [0.1, 0.15) is 12.3 Å². The number of ether oxygens (including phenoxy) is 1. The molecule has 0 amide bonds. The predicted octanol–water partition coefficient (Wildman–Crippen LogP) is -1.04. The van der Waals surface area contributed by atoms with E-state index in [4.69, 9.17) is 23.9 Å². The van der Waals surface area contributed by atoms with Crippen molar-refractivity contribution in [3.63, 3.8) is 0 Å². The molecule has 1 saturated heterocycles. The number of aliphatic hydroxyl groups is 1. The number of nitrogens with zero attached hydrogens (tertiary/aromatic N) is 1. The normalized spacial score (nSPS) is 26.1. The van der Waals surface area contributed by atoms with Crippen molar-refractivity contribution in [2.45, 2.75) is 31.8 Å². The van der Waals surface area contributed by atoms with Crippen LogP contribution in [0.3, 0.4) is 0 Å². The van der Waals surface area contributed by atoms with Gasteiger partial charge in [0, 0.05) is 18.2 Å². The second-order valence-corrected chi connectivity index (χ2v) is 9.53. The lowest BCUT2D eigenvalue weighted by atomic mass is 10.2. The summed E-state index contributed by atoms with van der Waals surface area (Å²) in [6, 6.07) is 0. The van der Waals surface area contributed by atoms with E-state index in [1.807, 2.05) is 0 Å². The molecule has 2 rings (SSSR count). The Morgan fingerprint density at radius 1 is 1.36 bits per heavy atom. The Balaban J connectivity index is 1.95. The Morgan fingerprint density at radius 3 is 2.61 bits per heavy atom. The molecule has 0 bridgehead atoms. The summed E-state index contributed by atoms with van der Waals surface area (Å²) in [6.07, 6.45) is -2.04. The van der Waals surface area contributed by atoms with Crippen LogP contribution in [0, 0.1) is 6.92 Å². The lowest BCUT2D eigenvalue weighted by molar-refractivity contribution is -0.0425. The highest BCUT2D eigenvalue weighted by Gasteiger charge is 2.39. The third kappa shape index (κ3) is 6.63. The van der Waals surface area contributed by atoms with Crippen LogP contribution in [0.25, 0.3) is 0 Å². The minimum Gasteiger partial charge on any atom is -0.390 e. The average Bonchev–Trinajstić information content (AvgIpc) is 2.86. The van der Waals surface area contributed by atoms with E-state index >= 15 is 0 Å². The summed E-state index contributed by atoms with van der Waals surface area (Å²) in [5, 5.41) is 9.99. The molecule has 0 spiro atoms. The van der Waals surface area contributed by atoms with E-state index in [9.17, 15) is 28.7 Å². The molecule has 0 aliphatic carbocycles. The smallest absolute Gasteiger partial charge is 0.390 e. The van der Waals surface area contributed by atoms with Gasteiger partial charge in [-0.1, -0.05) is 0 Å². The summed E-state index contributed by atoms with van der Waals surface area (Å²) in [5.74, 6) is 0. The van der Waals surface area contributed by atoms with Crippen molar-refractivity contribution < 1.29 is 51.7 Å². The summed E-state index contributed by atoms with van der Waals surface area (Å²) in [7, 11) is -13.8. The highest BCUT2D eigenvalue weighted by atomic mass is 31.3. The molecule has 2 heterocycles. The zero-order chi connectivity index (χ0) is 21.3. The van der Waals surface area contributed by atoms with E-state index in [0.717, 1.165) is 4.57 Å². The van der Waals surface area contributed by atoms with E-state index in [0.29, 0.717) is 0 Å². The van der Waals surface area contributed by atoms with Crippen LogP contribution in [0.4, 0.5) is 0 Å². The maximum atomic E-state index is 11.9. The summed E-state index contributed by atoms with van der Waals surface area (Å²) in [5.41, 5.74) is -1.11. The van der Waals surface area contributed by atoms with Crippen molar-refractivity contribution in [1.82, 2.24) is 9.55 Å². The van der Waals surface area contributed by atoms with Gasteiger partial charge in [0.05, 0.1) is 12.7 Å². The van der Waals surface area contributed by atoms with Crippen LogP contribution in [0.5, 0.6) is 0 Å². The fourth-order valence-electron chi connectivity index (χ4n) is 2.23. The fraction of sp³-hybridized carbons (Fsp3) is 0.600. The summed E-state index contributed by atoms with van der Waals surface area (Å²) in [6.45, 7) is 0.900. The van der Waals surface area contributed by atoms with E-state index in [-0.39, 0.29) is 12.0 Å².